The van der Waals surface area contributed by atoms with Crippen molar-refractivity contribution in [2.24, 2.45) is 0 Å². The fourth-order valence-electron chi connectivity index (χ4n) is 2.20. The number of rotatable bonds is 3. The maximum absolute atomic E-state index is 12.5. The molecule has 0 aliphatic heterocycles. The first-order valence-electron chi connectivity index (χ1n) is 6.04. The molecule has 0 saturated heterocycles. The van der Waals surface area contributed by atoms with Gasteiger partial charge in [0.25, 0.3) is 0 Å². The molecule has 1 aromatic heterocycles. The van der Waals surface area contributed by atoms with E-state index < -0.39 is 0 Å². The van der Waals surface area contributed by atoms with E-state index in [1.54, 1.807) is 0 Å². The van der Waals surface area contributed by atoms with Gasteiger partial charge in [0.15, 0.2) is 0 Å². The summed E-state index contributed by atoms with van der Waals surface area (Å²) in [5, 5.41) is 2.25. The fraction of sp³-hybridized carbons (Fsp3) is 0.0625. The van der Waals surface area contributed by atoms with E-state index in [0.29, 0.717) is 0 Å². The van der Waals surface area contributed by atoms with Crippen LogP contribution >= 0.6 is 22.6 Å². The molecule has 3 aromatic rings. The summed E-state index contributed by atoms with van der Waals surface area (Å²) in [7, 11) is 0. The first-order valence-corrected chi connectivity index (χ1v) is 7.57. The molecule has 94 valence electrons. The van der Waals surface area contributed by atoms with E-state index in [1.807, 2.05) is 59.3 Å². The topological polar surface area (TPSA) is 22.0 Å². The van der Waals surface area contributed by atoms with Gasteiger partial charge in [-0.2, -0.15) is 0 Å². The summed E-state index contributed by atoms with van der Waals surface area (Å²) < 4.78 is 2.73. The average molecular weight is 361 g/mol. The molecule has 0 spiro atoms. The molecule has 0 saturated carbocycles. The molecule has 0 fully saturated rings. The van der Waals surface area contributed by atoms with E-state index in [2.05, 4.69) is 28.7 Å². The van der Waals surface area contributed by atoms with Crippen molar-refractivity contribution in [3.05, 3.63) is 72.1 Å². The van der Waals surface area contributed by atoms with Crippen molar-refractivity contribution < 1.29 is 4.79 Å². The first-order chi connectivity index (χ1) is 9.29. The Balaban J connectivity index is 2.06. The molecule has 0 N–H and O–H groups in total. The predicted octanol–water partition coefficient (Wildman–Crippen LogP) is 4.26. The molecule has 2 nitrogen and oxygen atoms in total. The molecule has 1 heterocycles. The highest BCUT2D eigenvalue weighted by Crippen LogP contribution is 2.18. The molecule has 0 atom stereocenters. The zero-order chi connectivity index (χ0) is 13.2. The van der Waals surface area contributed by atoms with Crippen molar-refractivity contribution in [1.29, 1.82) is 0 Å². The van der Waals surface area contributed by atoms with Crippen molar-refractivity contribution in [3.8, 4) is 0 Å². The number of benzene rings is 2. The number of nitrogens with zero attached hydrogens (tertiary/aromatic N) is 1. The van der Waals surface area contributed by atoms with E-state index in [4.69, 9.17) is 0 Å². The van der Waals surface area contributed by atoms with Crippen LogP contribution in [-0.2, 0) is 4.55 Å². The zero-order valence-corrected chi connectivity index (χ0v) is 12.4. The van der Waals surface area contributed by atoms with Crippen molar-refractivity contribution >= 4 is 39.1 Å². The standard InChI is InChI=1S/C16H12INO/c17-11-18-9-3-6-15(18)16(19)14-8-7-12-4-1-2-5-13(12)10-14/h1-10H,11H2. The van der Waals surface area contributed by atoms with E-state index in [1.165, 1.54) is 0 Å². The van der Waals surface area contributed by atoms with Gasteiger partial charge in [0.05, 0.1) is 10.2 Å². The molecule has 2 aromatic carbocycles. The molecular weight excluding hydrogens is 349 g/mol. The number of ketones is 1. The largest absolute Gasteiger partial charge is 0.335 e. The summed E-state index contributed by atoms with van der Waals surface area (Å²) in [6.45, 7) is 0. The highest BCUT2D eigenvalue weighted by atomic mass is 127. The van der Waals surface area contributed by atoms with Gasteiger partial charge in [-0.3, -0.25) is 4.79 Å². The van der Waals surface area contributed by atoms with Gasteiger partial charge in [-0.15, -0.1) is 0 Å². The highest BCUT2D eigenvalue weighted by Gasteiger charge is 2.13. The lowest BCUT2D eigenvalue weighted by Gasteiger charge is -2.06. The van der Waals surface area contributed by atoms with Crippen LogP contribution < -0.4 is 0 Å². The normalized spacial score (nSPS) is 10.8. The lowest BCUT2D eigenvalue weighted by molar-refractivity contribution is 0.103. The molecule has 0 radical (unpaired) electrons. The Morgan fingerprint density at radius 3 is 2.58 bits per heavy atom. The highest BCUT2D eigenvalue weighted by molar-refractivity contribution is 14.1. The SMILES string of the molecule is O=C(c1ccc2ccccc2c1)c1cccn1CI. The minimum atomic E-state index is 0.0763. The third-order valence-electron chi connectivity index (χ3n) is 3.20. The molecule has 0 amide bonds. The summed E-state index contributed by atoms with van der Waals surface area (Å²) in [6.07, 6.45) is 1.93. The smallest absolute Gasteiger partial charge is 0.209 e. The minimum Gasteiger partial charge on any atom is -0.335 e. The van der Waals surface area contributed by atoms with Crippen molar-refractivity contribution in [2.75, 3.05) is 0 Å². The van der Waals surface area contributed by atoms with Gasteiger partial charge in [-0.1, -0.05) is 59.0 Å². The lowest BCUT2D eigenvalue weighted by Crippen LogP contribution is -2.07. The Hall–Kier alpha value is -1.62. The van der Waals surface area contributed by atoms with Crippen LogP contribution in [0.4, 0.5) is 0 Å². The second-order valence-corrected chi connectivity index (χ2v) is 5.06. The maximum atomic E-state index is 12.5. The molecule has 3 heteroatoms. The monoisotopic (exact) mass is 361 g/mol. The van der Waals surface area contributed by atoms with Crippen LogP contribution in [-0.4, -0.2) is 10.4 Å². The third-order valence-corrected chi connectivity index (χ3v) is 3.94. The van der Waals surface area contributed by atoms with Crippen LogP contribution in [0.3, 0.4) is 0 Å². The predicted molar refractivity (Wildman–Crippen MR) is 85.8 cm³/mol. The zero-order valence-electron chi connectivity index (χ0n) is 10.2. The summed E-state index contributed by atoms with van der Waals surface area (Å²) in [5.41, 5.74) is 1.48. The summed E-state index contributed by atoms with van der Waals surface area (Å²) in [6, 6.07) is 17.7. The number of fused-ring (bicyclic) bond motifs is 1. The molecular formula is C16H12INO. The molecule has 19 heavy (non-hydrogen) atoms. The van der Waals surface area contributed by atoms with Crippen LogP contribution in [0.2, 0.25) is 0 Å². The molecule has 0 bridgehead atoms. The van der Waals surface area contributed by atoms with Gasteiger partial charge >= 0.3 is 0 Å². The molecule has 0 aliphatic carbocycles. The van der Waals surface area contributed by atoms with Gasteiger partial charge in [0, 0.05) is 11.8 Å². The van der Waals surface area contributed by atoms with Crippen LogP contribution in [0.5, 0.6) is 0 Å². The quantitative estimate of drug-likeness (QED) is 0.388. The summed E-state index contributed by atoms with van der Waals surface area (Å²) in [4.78, 5) is 12.5. The van der Waals surface area contributed by atoms with Crippen LogP contribution in [0.25, 0.3) is 10.8 Å². The Labute approximate surface area is 125 Å². The van der Waals surface area contributed by atoms with Crippen molar-refractivity contribution in [3.63, 3.8) is 0 Å². The Morgan fingerprint density at radius 1 is 1.00 bits per heavy atom. The first kappa shape index (κ1) is 12.4. The van der Waals surface area contributed by atoms with E-state index in [-0.39, 0.29) is 5.78 Å². The average Bonchev–Trinajstić information content (AvgIpc) is 2.94. The second-order valence-electron chi connectivity index (χ2n) is 4.37. The van der Waals surface area contributed by atoms with Crippen LogP contribution in [0.1, 0.15) is 16.1 Å². The number of hydrogen-bond acceptors (Lipinski definition) is 1. The van der Waals surface area contributed by atoms with Crippen molar-refractivity contribution in [2.45, 2.75) is 4.55 Å². The number of carbonyl (C=O) groups is 1. The Kier molecular flexibility index (Phi) is 3.38. The van der Waals surface area contributed by atoms with Crippen LogP contribution in [0.15, 0.2) is 60.8 Å². The number of alkyl halides is 1. The fourth-order valence-corrected chi connectivity index (χ4v) is 2.80. The lowest BCUT2D eigenvalue weighted by atomic mass is 10.0. The second kappa shape index (κ2) is 5.17. The molecule has 3 rings (SSSR count). The third kappa shape index (κ3) is 2.30. The van der Waals surface area contributed by atoms with Gasteiger partial charge in [-0.25, -0.2) is 0 Å². The minimum absolute atomic E-state index is 0.0763. The molecule has 0 unspecified atom stereocenters. The summed E-state index contributed by atoms with van der Waals surface area (Å²) in [5.74, 6) is 0.0763. The summed E-state index contributed by atoms with van der Waals surface area (Å²) >= 11 is 2.25. The Morgan fingerprint density at radius 2 is 1.79 bits per heavy atom. The van der Waals surface area contributed by atoms with E-state index in [0.717, 1.165) is 26.6 Å². The van der Waals surface area contributed by atoms with Crippen LogP contribution in [0, 0.1) is 0 Å². The van der Waals surface area contributed by atoms with Gasteiger partial charge in [-0.05, 0) is 29.0 Å². The number of halogens is 1. The number of hydrogen-bond donors (Lipinski definition) is 0. The van der Waals surface area contributed by atoms with Gasteiger partial charge in [0.2, 0.25) is 5.78 Å². The van der Waals surface area contributed by atoms with Crippen molar-refractivity contribution in [1.82, 2.24) is 4.57 Å². The maximum Gasteiger partial charge on any atom is 0.209 e. The molecule has 0 aliphatic rings. The van der Waals surface area contributed by atoms with E-state index >= 15 is 0 Å². The van der Waals surface area contributed by atoms with Gasteiger partial charge in [0.1, 0.15) is 0 Å². The number of aromatic nitrogens is 1. The van der Waals surface area contributed by atoms with E-state index in [9.17, 15) is 4.79 Å². The number of carbonyl (C=O) groups excluding carboxylic acids is 1. The Bertz CT molecular complexity index is 745. The van der Waals surface area contributed by atoms with Gasteiger partial charge < -0.3 is 4.57 Å².